The lowest BCUT2D eigenvalue weighted by atomic mass is 9.93. The molecular weight excluding hydrogens is 344 g/mol. The van der Waals surface area contributed by atoms with E-state index in [0.717, 1.165) is 17.3 Å². The highest BCUT2D eigenvalue weighted by Crippen LogP contribution is 2.24. The zero-order valence-corrected chi connectivity index (χ0v) is 15.2. The van der Waals surface area contributed by atoms with Crippen molar-refractivity contribution in [2.75, 3.05) is 20.3 Å². The van der Waals surface area contributed by atoms with Crippen molar-refractivity contribution < 1.29 is 14.3 Å². The van der Waals surface area contributed by atoms with Gasteiger partial charge in [-0.15, -0.1) is 0 Å². The van der Waals surface area contributed by atoms with Gasteiger partial charge in [-0.3, -0.25) is 14.6 Å². The van der Waals surface area contributed by atoms with Gasteiger partial charge in [0.05, 0.1) is 24.8 Å². The van der Waals surface area contributed by atoms with E-state index >= 15 is 0 Å². The van der Waals surface area contributed by atoms with Gasteiger partial charge in [-0.2, -0.15) is 5.10 Å². The summed E-state index contributed by atoms with van der Waals surface area (Å²) in [6, 6.07) is 10.0. The number of fused-ring (bicyclic) bond motifs is 1. The number of rotatable bonds is 4. The molecule has 2 amide bonds. The van der Waals surface area contributed by atoms with Crippen LogP contribution < -0.4 is 5.32 Å². The molecule has 1 N–H and O–H groups in total. The smallest absolute Gasteiger partial charge is 0.267 e. The van der Waals surface area contributed by atoms with Gasteiger partial charge >= 0.3 is 0 Å². The lowest BCUT2D eigenvalue weighted by molar-refractivity contribution is -0.130. The third-order valence-corrected chi connectivity index (χ3v) is 5.21. The average Bonchev–Trinajstić information content (AvgIpc) is 3.11. The molecule has 1 fully saturated rings. The van der Waals surface area contributed by atoms with E-state index in [1.54, 1.807) is 7.05 Å². The third kappa shape index (κ3) is 3.68. The zero-order chi connectivity index (χ0) is 18.8. The highest BCUT2D eigenvalue weighted by atomic mass is 16.5. The Labute approximate surface area is 157 Å². The van der Waals surface area contributed by atoms with Crippen molar-refractivity contribution in [3.8, 4) is 0 Å². The molecule has 0 unspecified atom stereocenters. The summed E-state index contributed by atoms with van der Waals surface area (Å²) in [5, 5.41) is 9.52. The van der Waals surface area contributed by atoms with E-state index in [2.05, 4.69) is 21.5 Å². The molecule has 1 aromatic carbocycles. The number of benzene rings is 1. The maximum atomic E-state index is 12.6. The molecule has 7 heteroatoms. The standard InChI is InChI=1S/C20H22N4O3/c1-24-19(25)7-6-17(23-24)20(26)22-18-12-27-11-14(18)10-13-8-9-21-16-5-3-2-4-15(13)16/h2-5,8-9,14,18H,6-7,10-12H2,1H3,(H,22,26)/t14-,18+/m1/s1. The number of carbonyl (C=O) groups is 2. The molecule has 0 bridgehead atoms. The summed E-state index contributed by atoms with van der Waals surface area (Å²) in [6.45, 7) is 1.09. The van der Waals surface area contributed by atoms with E-state index < -0.39 is 0 Å². The number of ether oxygens (including phenoxy) is 1. The predicted octanol–water partition coefficient (Wildman–Crippen LogP) is 1.52. The normalized spacial score (nSPS) is 22.8. The minimum Gasteiger partial charge on any atom is -0.379 e. The molecule has 2 atom stereocenters. The van der Waals surface area contributed by atoms with Crippen LogP contribution in [0.2, 0.25) is 0 Å². The third-order valence-electron chi connectivity index (χ3n) is 5.21. The van der Waals surface area contributed by atoms with Crippen LogP contribution in [-0.2, 0) is 20.7 Å². The molecule has 4 rings (SSSR count). The highest BCUT2D eigenvalue weighted by molar-refractivity contribution is 6.39. The zero-order valence-electron chi connectivity index (χ0n) is 15.2. The first-order valence-corrected chi connectivity index (χ1v) is 9.17. The quantitative estimate of drug-likeness (QED) is 0.889. The van der Waals surface area contributed by atoms with E-state index in [9.17, 15) is 9.59 Å². The summed E-state index contributed by atoms with van der Waals surface area (Å²) in [6.07, 6.45) is 3.32. The molecule has 3 heterocycles. The topological polar surface area (TPSA) is 83.9 Å². The van der Waals surface area contributed by atoms with Crippen LogP contribution in [0.4, 0.5) is 0 Å². The van der Waals surface area contributed by atoms with E-state index in [4.69, 9.17) is 4.74 Å². The molecule has 1 saturated heterocycles. The summed E-state index contributed by atoms with van der Waals surface area (Å²) >= 11 is 0. The van der Waals surface area contributed by atoms with Gasteiger partial charge in [0.1, 0.15) is 5.71 Å². The maximum absolute atomic E-state index is 12.6. The molecule has 2 aliphatic rings. The number of para-hydroxylation sites is 1. The Morgan fingerprint density at radius 2 is 2.11 bits per heavy atom. The second-order valence-corrected chi connectivity index (χ2v) is 7.03. The average molecular weight is 366 g/mol. The SMILES string of the molecule is CN1N=C(C(=O)N[C@H]2COC[C@H]2Cc2ccnc3ccccc23)CCC1=O. The van der Waals surface area contributed by atoms with Crippen LogP contribution in [0.25, 0.3) is 10.9 Å². The fourth-order valence-corrected chi connectivity index (χ4v) is 3.66. The molecule has 0 saturated carbocycles. The van der Waals surface area contributed by atoms with Gasteiger partial charge < -0.3 is 10.1 Å². The molecule has 27 heavy (non-hydrogen) atoms. The van der Waals surface area contributed by atoms with Crippen molar-refractivity contribution in [1.82, 2.24) is 15.3 Å². The Morgan fingerprint density at radius 1 is 1.26 bits per heavy atom. The molecule has 2 aromatic rings. The molecule has 140 valence electrons. The molecule has 7 nitrogen and oxygen atoms in total. The molecular formula is C20H22N4O3. The van der Waals surface area contributed by atoms with E-state index in [-0.39, 0.29) is 23.8 Å². The van der Waals surface area contributed by atoms with Crippen LogP contribution in [0.3, 0.4) is 0 Å². The van der Waals surface area contributed by atoms with Gasteiger partial charge in [-0.25, -0.2) is 5.01 Å². The van der Waals surface area contributed by atoms with Gasteiger partial charge in [-0.05, 0) is 24.1 Å². The summed E-state index contributed by atoms with van der Waals surface area (Å²) in [7, 11) is 1.57. The van der Waals surface area contributed by atoms with E-state index in [1.807, 2.05) is 30.5 Å². The van der Waals surface area contributed by atoms with Crippen molar-refractivity contribution in [1.29, 1.82) is 0 Å². The number of aromatic nitrogens is 1. The number of hydrogen-bond acceptors (Lipinski definition) is 5. The van der Waals surface area contributed by atoms with Crippen LogP contribution in [0.15, 0.2) is 41.6 Å². The fourth-order valence-electron chi connectivity index (χ4n) is 3.66. The number of nitrogens with zero attached hydrogens (tertiary/aromatic N) is 3. The highest BCUT2D eigenvalue weighted by Gasteiger charge is 2.32. The van der Waals surface area contributed by atoms with Crippen molar-refractivity contribution in [3.63, 3.8) is 0 Å². The number of hydrogen-bond donors (Lipinski definition) is 1. The number of amides is 2. The Bertz CT molecular complexity index is 906. The van der Waals surface area contributed by atoms with Crippen molar-refractivity contribution in [2.45, 2.75) is 25.3 Å². The maximum Gasteiger partial charge on any atom is 0.267 e. The Kier molecular flexibility index (Phi) is 4.85. The van der Waals surface area contributed by atoms with Crippen molar-refractivity contribution in [3.05, 3.63) is 42.1 Å². The number of pyridine rings is 1. The van der Waals surface area contributed by atoms with Crippen LogP contribution in [0, 0.1) is 5.92 Å². The van der Waals surface area contributed by atoms with Crippen LogP contribution in [-0.4, -0.2) is 53.8 Å². The summed E-state index contributed by atoms with van der Waals surface area (Å²) < 4.78 is 5.65. The first kappa shape index (κ1) is 17.6. The largest absolute Gasteiger partial charge is 0.379 e. The van der Waals surface area contributed by atoms with Gasteiger partial charge in [0.15, 0.2) is 0 Å². The van der Waals surface area contributed by atoms with E-state index in [1.165, 1.54) is 10.6 Å². The molecule has 0 spiro atoms. The monoisotopic (exact) mass is 366 g/mol. The first-order chi connectivity index (χ1) is 13.1. The molecule has 1 aromatic heterocycles. The van der Waals surface area contributed by atoms with Gasteiger partial charge in [0, 0.05) is 37.4 Å². The van der Waals surface area contributed by atoms with Crippen LogP contribution in [0.5, 0.6) is 0 Å². The van der Waals surface area contributed by atoms with Crippen molar-refractivity contribution >= 4 is 28.4 Å². The summed E-state index contributed by atoms with van der Waals surface area (Å²) in [5.74, 6) is -0.101. The number of hydrazone groups is 1. The molecule has 0 aliphatic carbocycles. The van der Waals surface area contributed by atoms with Crippen LogP contribution >= 0.6 is 0 Å². The number of carbonyl (C=O) groups excluding carboxylic acids is 2. The predicted molar refractivity (Wildman–Crippen MR) is 101 cm³/mol. The van der Waals surface area contributed by atoms with Gasteiger partial charge in [-0.1, -0.05) is 18.2 Å². The van der Waals surface area contributed by atoms with Gasteiger partial charge in [0.2, 0.25) is 5.91 Å². The Morgan fingerprint density at radius 3 is 2.96 bits per heavy atom. The molecule has 2 aliphatic heterocycles. The minimum absolute atomic E-state index is 0.0711. The Balaban J connectivity index is 1.47. The molecule has 0 radical (unpaired) electrons. The lowest BCUT2D eigenvalue weighted by Gasteiger charge is -2.23. The second kappa shape index (κ2) is 7.44. The summed E-state index contributed by atoms with van der Waals surface area (Å²) in [4.78, 5) is 28.5. The fraction of sp³-hybridized carbons (Fsp3) is 0.400. The second-order valence-electron chi connectivity index (χ2n) is 7.03. The van der Waals surface area contributed by atoms with E-state index in [0.29, 0.717) is 31.8 Å². The van der Waals surface area contributed by atoms with Gasteiger partial charge in [0.25, 0.3) is 5.91 Å². The first-order valence-electron chi connectivity index (χ1n) is 9.17. The van der Waals surface area contributed by atoms with Crippen molar-refractivity contribution in [2.24, 2.45) is 11.0 Å². The minimum atomic E-state index is -0.213. The number of nitrogens with one attached hydrogen (secondary N) is 1. The summed E-state index contributed by atoms with van der Waals surface area (Å²) in [5.41, 5.74) is 2.58. The Hall–Kier alpha value is -2.80. The lowest BCUT2D eigenvalue weighted by Crippen LogP contribution is -2.45. The van der Waals surface area contributed by atoms with Crippen LogP contribution in [0.1, 0.15) is 18.4 Å².